The summed E-state index contributed by atoms with van der Waals surface area (Å²) in [4.78, 5) is 11.2. The highest BCUT2D eigenvalue weighted by molar-refractivity contribution is 7.19. The minimum atomic E-state index is 0.416. The van der Waals surface area contributed by atoms with Crippen molar-refractivity contribution in [2.24, 2.45) is 0 Å². The van der Waals surface area contributed by atoms with Crippen molar-refractivity contribution in [1.82, 2.24) is 0 Å². The predicted octanol–water partition coefficient (Wildman–Crippen LogP) is 2.55. The molecule has 0 aliphatic heterocycles. The summed E-state index contributed by atoms with van der Waals surface area (Å²) in [6.07, 6.45) is 2.32. The first-order valence-electron chi connectivity index (χ1n) is 3.72. The molecule has 0 atom stereocenters. The molecule has 0 saturated carbocycles. The van der Waals surface area contributed by atoms with Gasteiger partial charge >= 0.3 is 0 Å². The number of benzene rings is 1. The van der Waals surface area contributed by atoms with Gasteiger partial charge in [-0.15, -0.1) is 11.3 Å². The van der Waals surface area contributed by atoms with Gasteiger partial charge in [0.25, 0.3) is 0 Å². The Hall–Kier alpha value is -1.15. The summed E-state index contributed by atoms with van der Waals surface area (Å²) in [6.45, 7) is 0. The molecule has 0 aliphatic rings. The van der Waals surface area contributed by atoms with Crippen LogP contribution >= 0.6 is 11.3 Å². The van der Waals surface area contributed by atoms with Gasteiger partial charge in [0.1, 0.15) is 0 Å². The molecule has 0 N–H and O–H groups in total. The second-order valence-corrected chi connectivity index (χ2v) is 3.74. The van der Waals surface area contributed by atoms with Crippen molar-refractivity contribution in [3.05, 3.63) is 35.2 Å². The van der Waals surface area contributed by atoms with Crippen molar-refractivity contribution in [1.29, 1.82) is 0 Å². The summed E-state index contributed by atoms with van der Waals surface area (Å²) >= 11 is 1.66. The number of hydrogen-bond donors (Lipinski definition) is 0. The van der Waals surface area contributed by atoms with Gasteiger partial charge in [-0.25, -0.2) is 0 Å². The fourth-order valence-corrected chi connectivity index (χ4v) is 2.19. The third kappa shape index (κ3) is 1.25. The van der Waals surface area contributed by atoms with Crippen LogP contribution in [0.2, 0.25) is 0 Å². The van der Waals surface area contributed by atoms with E-state index in [1.165, 1.54) is 10.1 Å². The number of carbonyl (C=O) groups excluding carboxylic acids is 1. The van der Waals surface area contributed by atoms with E-state index in [-0.39, 0.29) is 0 Å². The van der Waals surface area contributed by atoms with Crippen LogP contribution in [-0.4, -0.2) is 6.29 Å². The standard InChI is InChI=1S/C10H7OS/c11-6-5-9-7-8-3-1-2-4-10(8)12-9/h1-4,7H,5H2. The first-order chi connectivity index (χ1) is 5.90. The Kier molecular flexibility index (Phi) is 1.92. The predicted molar refractivity (Wildman–Crippen MR) is 51.2 cm³/mol. The second-order valence-electron chi connectivity index (χ2n) is 2.57. The lowest BCUT2D eigenvalue weighted by Crippen LogP contribution is -1.76. The van der Waals surface area contributed by atoms with E-state index >= 15 is 0 Å². The van der Waals surface area contributed by atoms with Crippen molar-refractivity contribution < 1.29 is 4.79 Å². The third-order valence-electron chi connectivity index (χ3n) is 1.72. The first-order valence-corrected chi connectivity index (χ1v) is 4.54. The van der Waals surface area contributed by atoms with Crippen LogP contribution in [0.15, 0.2) is 30.3 Å². The van der Waals surface area contributed by atoms with Gasteiger partial charge in [-0.3, -0.25) is 4.79 Å². The molecule has 2 rings (SSSR count). The fourth-order valence-electron chi connectivity index (χ4n) is 1.20. The van der Waals surface area contributed by atoms with Crippen LogP contribution in [-0.2, 0) is 11.2 Å². The summed E-state index contributed by atoms with van der Waals surface area (Å²) in [5.41, 5.74) is 0. The van der Waals surface area contributed by atoms with E-state index in [9.17, 15) is 4.79 Å². The molecule has 1 aromatic heterocycles. The lowest BCUT2D eigenvalue weighted by atomic mass is 10.2. The number of rotatable bonds is 2. The number of hydrogen-bond acceptors (Lipinski definition) is 2. The van der Waals surface area contributed by atoms with Gasteiger partial charge in [-0.05, 0) is 17.5 Å². The van der Waals surface area contributed by atoms with E-state index in [0.29, 0.717) is 6.42 Å². The highest BCUT2D eigenvalue weighted by Gasteiger charge is 1.99. The molecule has 2 heteroatoms. The Labute approximate surface area is 74.6 Å². The van der Waals surface area contributed by atoms with E-state index in [1.807, 2.05) is 24.5 Å². The molecule has 1 radical (unpaired) electrons. The highest BCUT2D eigenvalue weighted by Crippen LogP contribution is 2.24. The Morgan fingerprint density at radius 2 is 2.17 bits per heavy atom. The molecule has 0 unspecified atom stereocenters. The fraction of sp³-hybridized carbons (Fsp3) is 0.100. The minimum Gasteiger partial charge on any atom is -0.290 e. The maximum atomic E-state index is 10.1. The zero-order valence-electron chi connectivity index (χ0n) is 6.41. The molecule has 0 aliphatic carbocycles. The van der Waals surface area contributed by atoms with Crippen molar-refractivity contribution in [2.45, 2.75) is 6.42 Å². The van der Waals surface area contributed by atoms with E-state index in [0.717, 1.165) is 4.88 Å². The molecule has 1 nitrogen and oxygen atoms in total. The Morgan fingerprint density at radius 1 is 1.33 bits per heavy atom. The molecule has 12 heavy (non-hydrogen) atoms. The van der Waals surface area contributed by atoms with E-state index < -0.39 is 0 Å². The zero-order chi connectivity index (χ0) is 8.39. The maximum absolute atomic E-state index is 10.1. The van der Waals surface area contributed by atoms with Gasteiger partial charge in [0.15, 0.2) is 0 Å². The summed E-state index contributed by atoms with van der Waals surface area (Å²) < 4.78 is 1.24. The Balaban J connectivity index is 2.54. The van der Waals surface area contributed by atoms with E-state index in [1.54, 1.807) is 11.3 Å². The van der Waals surface area contributed by atoms with Crippen molar-refractivity contribution in [3.63, 3.8) is 0 Å². The van der Waals surface area contributed by atoms with Crippen LogP contribution in [0, 0.1) is 0 Å². The van der Waals surface area contributed by atoms with Gasteiger partial charge in [-0.1, -0.05) is 18.2 Å². The summed E-state index contributed by atoms with van der Waals surface area (Å²) in [5, 5.41) is 1.22. The van der Waals surface area contributed by atoms with Crippen LogP contribution in [0.1, 0.15) is 4.88 Å². The van der Waals surface area contributed by atoms with Gasteiger partial charge in [-0.2, -0.15) is 0 Å². The van der Waals surface area contributed by atoms with Gasteiger partial charge in [0.2, 0.25) is 6.29 Å². The minimum absolute atomic E-state index is 0.416. The van der Waals surface area contributed by atoms with E-state index in [4.69, 9.17) is 0 Å². The molecule has 1 aromatic carbocycles. The summed E-state index contributed by atoms with van der Waals surface area (Å²) in [6, 6.07) is 10.2. The van der Waals surface area contributed by atoms with Crippen molar-refractivity contribution in [3.8, 4) is 0 Å². The molecule has 0 saturated heterocycles. The summed E-state index contributed by atoms with van der Waals surface area (Å²) in [5.74, 6) is 0. The monoisotopic (exact) mass is 175 g/mol. The van der Waals surface area contributed by atoms with Crippen LogP contribution in [0.4, 0.5) is 0 Å². The average molecular weight is 175 g/mol. The Morgan fingerprint density at radius 3 is 2.92 bits per heavy atom. The number of thiophene rings is 1. The van der Waals surface area contributed by atoms with Gasteiger partial charge in [0, 0.05) is 16.0 Å². The molecule has 59 valence electrons. The molecule has 2 aromatic rings. The number of fused-ring (bicyclic) bond motifs is 1. The molecule has 0 amide bonds. The van der Waals surface area contributed by atoms with Crippen LogP contribution in [0.25, 0.3) is 10.1 Å². The quantitative estimate of drug-likeness (QED) is 0.685. The van der Waals surface area contributed by atoms with Crippen LogP contribution in [0.5, 0.6) is 0 Å². The van der Waals surface area contributed by atoms with Crippen molar-refractivity contribution >= 4 is 27.7 Å². The topological polar surface area (TPSA) is 17.1 Å². The van der Waals surface area contributed by atoms with Crippen molar-refractivity contribution in [2.75, 3.05) is 0 Å². The smallest absolute Gasteiger partial charge is 0.203 e. The summed E-state index contributed by atoms with van der Waals surface area (Å²) in [7, 11) is 0. The molecule has 0 spiro atoms. The lowest BCUT2D eigenvalue weighted by Gasteiger charge is -1.82. The van der Waals surface area contributed by atoms with E-state index in [2.05, 4.69) is 12.1 Å². The maximum Gasteiger partial charge on any atom is 0.203 e. The SMILES string of the molecule is O=[C]Cc1cc2ccccc2s1. The largest absolute Gasteiger partial charge is 0.290 e. The zero-order valence-corrected chi connectivity index (χ0v) is 7.23. The molecular weight excluding hydrogens is 168 g/mol. The third-order valence-corrected chi connectivity index (χ3v) is 2.84. The van der Waals surface area contributed by atoms with Crippen LogP contribution < -0.4 is 0 Å². The average Bonchev–Trinajstić information content (AvgIpc) is 2.47. The Bertz CT molecular complexity index is 370. The normalized spacial score (nSPS) is 10.3. The highest BCUT2D eigenvalue weighted by atomic mass is 32.1. The first kappa shape index (κ1) is 7.50. The molecule has 0 bridgehead atoms. The van der Waals surface area contributed by atoms with Gasteiger partial charge in [0.05, 0.1) is 0 Å². The molecule has 0 fully saturated rings. The molecular formula is C10H7OS. The molecule has 1 heterocycles. The van der Waals surface area contributed by atoms with Gasteiger partial charge < -0.3 is 0 Å². The van der Waals surface area contributed by atoms with Crippen LogP contribution in [0.3, 0.4) is 0 Å². The second kappa shape index (κ2) is 3.07. The lowest BCUT2D eigenvalue weighted by molar-refractivity contribution is 0.555.